The van der Waals surface area contributed by atoms with Crippen LogP contribution >= 0.6 is 11.6 Å². The average Bonchev–Trinajstić information content (AvgIpc) is 2.87. The molecule has 86 valence electrons. The van der Waals surface area contributed by atoms with Crippen LogP contribution in [-0.2, 0) is 0 Å². The molecule has 2 N–H and O–H groups in total. The highest BCUT2D eigenvalue weighted by molar-refractivity contribution is 6.30. The average molecular weight is 237 g/mol. The maximum absolute atomic E-state index is 6.17. The molecule has 0 bridgehead atoms. The molecule has 0 spiro atoms. The van der Waals surface area contributed by atoms with Gasteiger partial charge >= 0.3 is 0 Å². The Morgan fingerprint density at radius 2 is 2.00 bits per heavy atom. The number of hydrogen-bond acceptors (Lipinski definition) is 2. The lowest BCUT2D eigenvalue weighted by molar-refractivity contribution is 0.597. The number of rotatable bonds is 1. The predicted molar refractivity (Wildman–Crippen MR) is 68.0 cm³/mol. The fourth-order valence-electron chi connectivity index (χ4n) is 3.05. The molecule has 1 fully saturated rings. The summed E-state index contributed by atoms with van der Waals surface area (Å²) in [5.74, 6) is 0. The molecule has 2 aliphatic rings. The molecule has 0 radical (unpaired) electrons. The van der Waals surface area contributed by atoms with E-state index >= 15 is 0 Å². The van der Waals surface area contributed by atoms with Gasteiger partial charge in [0.1, 0.15) is 0 Å². The monoisotopic (exact) mass is 236 g/mol. The van der Waals surface area contributed by atoms with Gasteiger partial charge in [-0.05, 0) is 36.6 Å². The first-order chi connectivity index (χ1) is 7.75. The molecule has 1 unspecified atom stereocenters. The summed E-state index contributed by atoms with van der Waals surface area (Å²) in [6.07, 6.45) is 5.35. The molecule has 0 aromatic heterocycles. The van der Waals surface area contributed by atoms with E-state index in [4.69, 9.17) is 17.3 Å². The highest BCUT2D eigenvalue weighted by atomic mass is 35.5. The third-order valence-corrected chi connectivity index (χ3v) is 4.09. The first kappa shape index (κ1) is 10.4. The zero-order valence-corrected chi connectivity index (χ0v) is 10.1. The Morgan fingerprint density at radius 1 is 1.25 bits per heavy atom. The fourth-order valence-corrected chi connectivity index (χ4v) is 3.23. The van der Waals surface area contributed by atoms with E-state index in [2.05, 4.69) is 11.0 Å². The molecular formula is C13H17ClN2. The summed E-state index contributed by atoms with van der Waals surface area (Å²) < 4.78 is 0. The second-order valence-corrected chi connectivity index (χ2v) is 5.34. The highest BCUT2D eigenvalue weighted by Crippen LogP contribution is 2.39. The molecule has 3 rings (SSSR count). The van der Waals surface area contributed by atoms with Crippen LogP contribution in [0.4, 0.5) is 5.69 Å². The number of fused-ring (bicyclic) bond motifs is 1. The molecular weight excluding hydrogens is 220 g/mol. The van der Waals surface area contributed by atoms with E-state index < -0.39 is 0 Å². The van der Waals surface area contributed by atoms with Gasteiger partial charge in [0.05, 0.1) is 0 Å². The fraction of sp³-hybridized carbons (Fsp3) is 0.538. The number of nitrogens with two attached hydrogens (primary N) is 1. The van der Waals surface area contributed by atoms with E-state index in [1.165, 1.54) is 36.9 Å². The van der Waals surface area contributed by atoms with Crippen molar-refractivity contribution in [1.82, 2.24) is 0 Å². The van der Waals surface area contributed by atoms with E-state index in [9.17, 15) is 0 Å². The van der Waals surface area contributed by atoms with Crippen molar-refractivity contribution in [3.63, 3.8) is 0 Å². The zero-order valence-electron chi connectivity index (χ0n) is 9.32. The summed E-state index contributed by atoms with van der Waals surface area (Å²) in [6.45, 7) is 0.959. The van der Waals surface area contributed by atoms with E-state index in [0.29, 0.717) is 6.04 Å². The first-order valence-corrected chi connectivity index (χ1v) is 6.45. The molecule has 0 saturated heterocycles. The van der Waals surface area contributed by atoms with E-state index in [-0.39, 0.29) is 6.04 Å². The molecule has 1 heterocycles. The van der Waals surface area contributed by atoms with Crippen molar-refractivity contribution in [1.29, 1.82) is 0 Å². The Morgan fingerprint density at radius 3 is 2.75 bits per heavy atom. The van der Waals surface area contributed by atoms with Gasteiger partial charge < -0.3 is 10.6 Å². The third-order valence-electron chi connectivity index (χ3n) is 3.86. The lowest BCUT2D eigenvalue weighted by Crippen LogP contribution is -2.33. The summed E-state index contributed by atoms with van der Waals surface area (Å²) >= 11 is 6.02. The van der Waals surface area contributed by atoms with Crippen LogP contribution in [0.2, 0.25) is 5.02 Å². The Bertz CT molecular complexity index is 399. The summed E-state index contributed by atoms with van der Waals surface area (Å²) in [4.78, 5) is 2.49. The van der Waals surface area contributed by atoms with Crippen molar-refractivity contribution in [2.45, 2.75) is 37.8 Å². The van der Waals surface area contributed by atoms with Crippen LogP contribution in [0, 0.1) is 0 Å². The van der Waals surface area contributed by atoms with E-state index in [1.807, 2.05) is 12.1 Å². The molecule has 1 aliphatic heterocycles. The van der Waals surface area contributed by atoms with Gasteiger partial charge in [-0.1, -0.05) is 24.4 Å². The van der Waals surface area contributed by atoms with Crippen molar-refractivity contribution < 1.29 is 0 Å². The minimum atomic E-state index is 0.134. The summed E-state index contributed by atoms with van der Waals surface area (Å²) in [7, 11) is 0. The molecule has 1 atom stereocenters. The summed E-state index contributed by atoms with van der Waals surface area (Å²) in [5.41, 5.74) is 8.70. The Balaban J connectivity index is 1.95. The molecule has 1 saturated carbocycles. The van der Waals surface area contributed by atoms with Gasteiger partial charge in [0.2, 0.25) is 0 Å². The van der Waals surface area contributed by atoms with E-state index in [1.54, 1.807) is 0 Å². The molecule has 1 aliphatic carbocycles. The molecule has 1 aromatic carbocycles. The second kappa shape index (κ2) is 3.94. The number of hydrogen-bond donors (Lipinski definition) is 1. The molecule has 3 heteroatoms. The first-order valence-electron chi connectivity index (χ1n) is 6.07. The van der Waals surface area contributed by atoms with Crippen LogP contribution in [0.1, 0.15) is 37.3 Å². The minimum absolute atomic E-state index is 0.134. The Hall–Kier alpha value is -0.730. The van der Waals surface area contributed by atoms with Crippen molar-refractivity contribution >= 4 is 17.3 Å². The third kappa shape index (κ3) is 1.61. The quantitative estimate of drug-likeness (QED) is 0.812. The highest BCUT2D eigenvalue weighted by Gasteiger charge is 2.32. The van der Waals surface area contributed by atoms with Gasteiger partial charge in [-0.15, -0.1) is 0 Å². The van der Waals surface area contributed by atoms with Crippen LogP contribution in [-0.4, -0.2) is 12.6 Å². The SMILES string of the molecule is NC1CN(C2CCCC2)c2ccc(Cl)cc21. The normalized spacial score (nSPS) is 25.1. The van der Waals surface area contributed by atoms with E-state index in [0.717, 1.165) is 11.6 Å². The van der Waals surface area contributed by atoms with Crippen LogP contribution in [0.15, 0.2) is 18.2 Å². The van der Waals surface area contributed by atoms with Gasteiger partial charge in [0.25, 0.3) is 0 Å². The van der Waals surface area contributed by atoms with Crippen LogP contribution in [0.3, 0.4) is 0 Å². The van der Waals surface area contributed by atoms with Gasteiger partial charge in [0, 0.05) is 29.3 Å². The van der Waals surface area contributed by atoms with Crippen molar-refractivity contribution in [3.05, 3.63) is 28.8 Å². The summed E-state index contributed by atoms with van der Waals surface area (Å²) in [6, 6.07) is 6.96. The maximum atomic E-state index is 6.17. The summed E-state index contributed by atoms with van der Waals surface area (Å²) in [5, 5.41) is 0.794. The van der Waals surface area contributed by atoms with Gasteiger partial charge in [-0.2, -0.15) is 0 Å². The Kier molecular flexibility index (Phi) is 2.56. The van der Waals surface area contributed by atoms with Gasteiger partial charge in [0.15, 0.2) is 0 Å². The second-order valence-electron chi connectivity index (χ2n) is 4.90. The number of anilines is 1. The van der Waals surface area contributed by atoms with Gasteiger partial charge in [-0.3, -0.25) is 0 Å². The standard InChI is InChI=1S/C13H17ClN2/c14-9-5-6-13-11(7-9)12(15)8-16(13)10-3-1-2-4-10/h5-7,10,12H,1-4,8,15H2. The maximum Gasteiger partial charge on any atom is 0.0494 e. The van der Waals surface area contributed by atoms with Crippen LogP contribution in [0.25, 0.3) is 0 Å². The van der Waals surface area contributed by atoms with Crippen molar-refractivity contribution in [3.8, 4) is 0 Å². The number of benzene rings is 1. The largest absolute Gasteiger partial charge is 0.366 e. The van der Waals surface area contributed by atoms with Crippen molar-refractivity contribution in [2.24, 2.45) is 5.73 Å². The lowest BCUT2D eigenvalue weighted by Gasteiger charge is -2.26. The molecule has 1 aromatic rings. The minimum Gasteiger partial charge on any atom is -0.366 e. The lowest BCUT2D eigenvalue weighted by atomic mass is 10.1. The van der Waals surface area contributed by atoms with Crippen LogP contribution < -0.4 is 10.6 Å². The topological polar surface area (TPSA) is 29.3 Å². The number of nitrogens with zero attached hydrogens (tertiary/aromatic N) is 1. The smallest absolute Gasteiger partial charge is 0.0494 e. The van der Waals surface area contributed by atoms with Crippen molar-refractivity contribution in [2.75, 3.05) is 11.4 Å². The molecule has 2 nitrogen and oxygen atoms in total. The molecule has 16 heavy (non-hydrogen) atoms. The predicted octanol–water partition coefficient (Wildman–Crippen LogP) is 3.10. The zero-order chi connectivity index (χ0) is 11.1. The number of halogens is 1. The van der Waals surface area contributed by atoms with Crippen LogP contribution in [0.5, 0.6) is 0 Å². The van der Waals surface area contributed by atoms with Gasteiger partial charge in [-0.25, -0.2) is 0 Å². The Labute approximate surface area is 101 Å². The molecule has 0 amide bonds.